The van der Waals surface area contributed by atoms with Crippen molar-refractivity contribution < 1.29 is 23.4 Å². The van der Waals surface area contributed by atoms with Gasteiger partial charge < -0.3 is 23.4 Å². The van der Waals surface area contributed by atoms with Crippen LogP contribution in [0.2, 0.25) is 18.1 Å². The molecule has 0 bridgehead atoms. The van der Waals surface area contributed by atoms with Crippen molar-refractivity contribution in [2.75, 3.05) is 27.8 Å². The van der Waals surface area contributed by atoms with Crippen LogP contribution in [0.3, 0.4) is 0 Å². The molecule has 6 heteroatoms. The Balaban J connectivity index is 2.54. The number of unbranched alkanes of at least 4 members (excludes halogenated alkanes) is 1. The van der Waals surface area contributed by atoms with Gasteiger partial charge in [-0.3, -0.25) is 0 Å². The monoisotopic (exact) mass is 434 g/mol. The summed E-state index contributed by atoms with van der Waals surface area (Å²) in [5.41, 5.74) is 3.54. The normalized spacial score (nSPS) is 12.3. The van der Waals surface area contributed by atoms with E-state index in [9.17, 15) is 0 Å². The minimum Gasteiger partial charge on any atom is -0.474 e. The maximum absolute atomic E-state index is 6.30. The van der Waals surface area contributed by atoms with Gasteiger partial charge in [0.15, 0.2) is 25.1 Å². The number of hydrogen-bond donors (Lipinski definition) is 0. The van der Waals surface area contributed by atoms with Crippen LogP contribution in [0, 0.1) is 0 Å². The molecule has 0 unspecified atom stereocenters. The molecule has 0 saturated carbocycles. The second kappa shape index (κ2) is 10.5. The Hall–Kier alpha value is -1.76. The van der Waals surface area contributed by atoms with E-state index in [1.165, 1.54) is 10.9 Å². The van der Waals surface area contributed by atoms with Crippen LogP contribution in [-0.2, 0) is 15.9 Å². The van der Waals surface area contributed by atoms with E-state index in [2.05, 4.69) is 46.9 Å². The smallest absolute Gasteiger partial charge is 0.188 e. The Bertz CT molecular complexity index is 804. The standard InChI is InChI=1S/C24H38O5Si/c1-9-10-11-19-20(15-27-23(19)30(7,8)24(2,3)4)18-12-13-21(28-16-25-5)22(14-18)29-17-26-6/h12-15H,9-11,16-17H2,1-8H3. The van der Waals surface area contributed by atoms with Gasteiger partial charge in [-0.05, 0) is 41.1 Å². The van der Waals surface area contributed by atoms with E-state index in [1.807, 2.05) is 18.4 Å². The molecular formula is C24H38O5Si. The summed E-state index contributed by atoms with van der Waals surface area (Å²) >= 11 is 0. The fourth-order valence-electron chi connectivity index (χ4n) is 3.24. The van der Waals surface area contributed by atoms with Gasteiger partial charge in [0, 0.05) is 19.8 Å². The van der Waals surface area contributed by atoms with E-state index in [0.717, 1.165) is 30.4 Å². The first-order chi connectivity index (χ1) is 14.2. The van der Waals surface area contributed by atoms with E-state index in [-0.39, 0.29) is 18.6 Å². The zero-order valence-electron chi connectivity index (χ0n) is 19.9. The molecule has 2 aromatic rings. The van der Waals surface area contributed by atoms with Crippen LogP contribution in [0.25, 0.3) is 11.1 Å². The van der Waals surface area contributed by atoms with Crippen molar-refractivity contribution in [3.8, 4) is 22.6 Å². The maximum Gasteiger partial charge on any atom is 0.188 e. The minimum atomic E-state index is -1.81. The highest BCUT2D eigenvalue weighted by Gasteiger charge is 2.42. The first kappa shape index (κ1) is 24.5. The summed E-state index contributed by atoms with van der Waals surface area (Å²) in [4.78, 5) is 0. The topological polar surface area (TPSA) is 50.1 Å². The number of furan rings is 1. The molecule has 5 nitrogen and oxygen atoms in total. The highest BCUT2D eigenvalue weighted by molar-refractivity contribution is 6.91. The molecule has 0 atom stereocenters. The number of ether oxygens (including phenoxy) is 4. The summed E-state index contributed by atoms with van der Waals surface area (Å²) in [5.74, 6) is 1.25. The molecule has 0 aliphatic rings. The van der Waals surface area contributed by atoms with Gasteiger partial charge in [0.2, 0.25) is 0 Å². The van der Waals surface area contributed by atoms with Crippen molar-refractivity contribution in [3.05, 3.63) is 30.0 Å². The summed E-state index contributed by atoms with van der Waals surface area (Å²) in [6.45, 7) is 14.3. The number of hydrogen-bond acceptors (Lipinski definition) is 5. The molecule has 0 amide bonds. The van der Waals surface area contributed by atoms with Crippen molar-refractivity contribution >= 4 is 13.5 Å². The molecule has 0 saturated heterocycles. The highest BCUT2D eigenvalue weighted by atomic mass is 28.3. The molecule has 0 aliphatic carbocycles. The van der Waals surface area contributed by atoms with E-state index < -0.39 is 8.07 Å². The summed E-state index contributed by atoms with van der Waals surface area (Å²) in [7, 11) is 1.39. The van der Waals surface area contributed by atoms with Gasteiger partial charge in [-0.2, -0.15) is 0 Å². The van der Waals surface area contributed by atoms with Gasteiger partial charge in [-0.15, -0.1) is 0 Å². The van der Waals surface area contributed by atoms with Crippen LogP contribution in [0.5, 0.6) is 11.5 Å². The average molecular weight is 435 g/mol. The van der Waals surface area contributed by atoms with Crippen LogP contribution in [-0.4, -0.2) is 35.9 Å². The third-order valence-corrected chi connectivity index (χ3v) is 11.3. The van der Waals surface area contributed by atoms with Crippen molar-refractivity contribution in [1.29, 1.82) is 0 Å². The number of methoxy groups -OCH3 is 2. The van der Waals surface area contributed by atoms with E-state index in [0.29, 0.717) is 11.5 Å². The molecule has 0 fully saturated rings. The third-order valence-electron chi connectivity index (χ3n) is 6.04. The molecule has 0 aliphatic heterocycles. The lowest BCUT2D eigenvalue weighted by molar-refractivity contribution is 0.0323. The maximum atomic E-state index is 6.30. The Kier molecular flexibility index (Phi) is 8.59. The molecule has 0 spiro atoms. The number of rotatable bonds is 11. The van der Waals surface area contributed by atoms with Gasteiger partial charge in [0.25, 0.3) is 0 Å². The molecule has 168 valence electrons. The van der Waals surface area contributed by atoms with Crippen LogP contribution in [0.4, 0.5) is 0 Å². The lowest BCUT2D eigenvalue weighted by Crippen LogP contribution is -2.50. The zero-order valence-corrected chi connectivity index (χ0v) is 20.9. The number of benzene rings is 1. The molecule has 0 N–H and O–H groups in total. The van der Waals surface area contributed by atoms with Gasteiger partial charge in [-0.25, -0.2) is 0 Å². The SMILES string of the molecule is CCCCc1c(-c2ccc(OCOC)c(OCOC)c2)coc1[Si](C)(C)C(C)(C)C. The Labute approximate surface area is 182 Å². The predicted molar refractivity (Wildman–Crippen MR) is 125 cm³/mol. The molecule has 30 heavy (non-hydrogen) atoms. The predicted octanol–water partition coefficient (Wildman–Crippen LogP) is 5.97. The Morgan fingerprint density at radius 2 is 1.60 bits per heavy atom. The minimum absolute atomic E-state index is 0.149. The quantitative estimate of drug-likeness (QED) is 0.322. The van der Waals surface area contributed by atoms with Crippen molar-refractivity contribution in [2.24, 2.45) is 0 Å². The van der Waals surface area contributed by atoms with Gasteiger partial charge >= 0.3 is 0 Å². The summed E-state index contributed by atoms with van der Waals surface area (Å²) < 4.78 is 27.9. The molecule has 1 heterocycles. The highest BCUT2D eigenvalue weighted by Crippen LogP contribution is 2.40. The van der Waals surface area contributed by atoms with Gasteiger partial charge in [-0.1, -0.05) is 53.3 Å². The summed E-state index contributed by atoms with van der Waals surface area (Å²) in [6, 6.07) is 5.97. The van der Waals surface area contributed by atoms with Crippen molar-refractivity contribution in [3.63, 3.8) is 0 Å². The van der Waals surface area contributed by atoms with Gasteiger partial charge in [0.1, 0.15) is 8.07 Å². The van der Waals surface area contributed by atoms with Crippen LogP contribution in [0.1, 0.15) is 46.1 Å². The van der Waals surface area contributed by atoms with E-state index in [1.54, 1.807) is 14.2 Å². The summed E-state index contributed by atoms with van der Waals surface area (Å²) in [5, 5.41) is 1.41. The zero-order chi connectivity index (χ0) is 22.4. The third kappa shape index (κ3) is 5.48. The first-order valence-corrected chi connectivity index (χ1v) is 13.7. The second-order valence-corrected chi connectivity index (χ2v) is 14.4. The van der Waals surface area contributed by atoms with Crippen LogP contribution >= 0.6 is 0 Å². The van der Waals surface area contributed by atoms with E-state index in [4.69, 9.17) is 23.4 Å². The fraction of sp³-hybridized carbons (Fsp3) is 0.583. The van der Waals surface area contributed by atoms with Gasteiger partial charge in [0.05, 0.1) is 11.6 Å². The van der Waals surface area contributed by atoms with Crippen LogP contribution < -0.4 is 14.9 Å². The molecule has 2 rings (SSSR count). The lowest BCUT2D eigenvalue weighted by atomic mass is 10.0. The fourth-order valence-corrected chi connectivity index (χ4v) is 5.29. The molecular weight excluding hydrogens is 396 g/mol. The molecule has 0 radical (unpaired) electrons. The lowest BCUT2D eigenvalue weighted by Gasteiger charge is -2.35. The molecule has 1 aromatic heterocycles. The second-order valence-electron chi connectivity index (χ2n) is 9.20. The summed E-state index contributed by atoms with van der Waals surface area (Å²) in [6.07, 6.45) is 5.22. The first-order valence-electron chi connectivity index (χ1n) is 10.7. The van der Waals surface area contributed by atoms with Crippen molar-refractivity contribution in [2.45, 2.75) is 65.1 Å². The average Bonchev–Trinajstić information content (AvgIpc) is 3.13. The molecule has 1 aromatic carbocycles. The van der Waals surface area contributed by atoms with Crippen LogP contribution in [0.15, 0.2) is 28.9 Å². The Morgan fingerprint density at radius 3 is 2.17 bits per heavy atom. The van der Waals surface area contributed by atoms with Crippen molar-refractivity contribution in [1.82, 2.24) is 0 Å². The largest absolute Gasteiger partial charge is 0.474 e. The van der Waals surface area contributed by atoms with E-state index >= 15 is 0 Å². The Morgan fingerprint density at radius 1 is 0.967 bits per heavy atom.